The van der Waals surface area contributed by atoms with Crippen LogP contribution < -0.4 is 21.1 Å². The normalized spacial score (nSPS) is 13.7. The Balaban J connectivity index is 1.47. The van der Waals surface area contributed by atoms with E-state index in [2.05, 4.69) is 15.5 Å². The molecule has 3 aromatic carbocycles. The molecule has 0 saturated carbocycles. The highest BCUT2D eigenvalue weighted by Gasteiger charge is 2.17. The van der Waals surface area contributed by atoms with E-state index >= 15 is 0 Å². The van der Waals surface area contributed by atoms with E-state index in [0.717, 1.165) is 41.1 Å². The molecular formula is C29H34N4O4. The number of rotatable bonds is 10. The zero-order chi connectivity index (χ0) is 26.0. The number of carbonyl (C=O) groups excluding carboxylic acids is 2. The number of nitrogens with zero attached hydrogens (tertiary/aromatic N) is 1. The van der Waals surface area contributed by atoms with E-state index in [1.54, 1.807) is 13.2 Å². The minimum absolute atomic E-state index is 0.147. The zero-order valence-electron chi connectivity index (χ0n) is 21.2. The summed E-state index contributed by atoms with van der Waals surface area (Å²) in [7, 11) is 1.61. The van der Waals surface area contributed by atoms with Crippen LogP contribution in [0.2, 0.25) is 0 Å². The summed E-state index contributed by atoms with van der Waals surface area (Å²) in [5.74, 6) is 0.392. The lowest BCUT2D eigenvalue weighted by Gasteiger charge is -2.27. The molecule has 2 amide bonds. The molecule has 0 spiro atoms. The molecule has 3 aromatic rings. The summed E-state index contributed by atoms with van der Waals surface area (Å²) in [6.07, 6.45) is 0.218. The van der Waals surface area contributed by atoms with Crippen molar-refractivity contribution in [2.45, 2.75) is 26.1 Å². The maximum atomic E-state index is 12.9. The monoisotopic (exact) mass is 502 g/mol. The third-order valence-electron chi connectivity index (χ3n) is 6.38. The first-order valence-electron chi connectivity index (χ1n) is 12.5. The van der Waals surface area contributed by atoms with Gasteiger partial charge in [0, 0.05) is 44.0 Å². The molecule has 0 atom stereocenters. The molecule has 1 aliphatic rings. The van der Waals surface area contributed by atoms with E-state index < -0.39 is 0 Å². The number of ether oxygens (including phenoxy) is 2. The summed E-state index contributed by atoms with van der Waals surface area (Å²) in [5, 5.41) is 6.00. The van der Waals surface area contributed by atoms with Gasteiger partial charge in [0.1, 0.15) is 5.75 Å². The third-order valence-corrected chi connectivity index (χ3v) is 6.38. The number of carbonyl (C=O) groups is 2. The smallest absolute Gasteiger partial charge is 0.251 e. The summed E-state index contributed by atoms with van der Waals surface area (Å²) < 4.78 is 10.7. The summed E-state index contributed by atoms with van der Waals surface area (Å²) in [5.41, 5.74) is 10.7. The topological polar surface area (TPSA) is 106 Å². The van der Waals surface area contributed by atoms with Crippen LogP contribution in [0.4, 0.5) is 5.69 Å². The first-order valence-corrected chi connectivity index (χ1v) is 12.5. The second kappa shape index (κ2) is 13.0. The lowest BCUT2D eigenvalue weighted by molar-refractivity contribution is -0.115. The lowest BCUT2D eigenvalue weighted by Crippen LogP contribution is -2.36. The average molecular weight is 503 g/mol. The molecule has 8 heteroatoms. The molecule has 4 N–H and O–H groups in total. The lowest BCUT2D eigenvalue weighted by atomic mass is 10.1. The number of benzene rings is 3. The van der Waals surface area contributed by atoms with E-state index in [0.29, 0.717) is 44.1 Å². The zero-order valence-corrected chi connectivity index (χ0v) is 21.2. The van der Waals surface area contributed by atoms with Crippen LogP contribution in [-0.2, 0) is 35.6 Å². The van der Waals surface area contributed by atoms with E-state index in [1.807, 2.05) is 60.7 Å². The predicted molar refractivity (Wildman–Crippen MR) is 143 cm³/mol. The van der Waals surface area contributed by atoms with Crippen LogP contribution in [0.5, 0.6) is 5.75 Å². The van der Waals surface area contributed by atoms with Crippen LogP contribution in [0.15, 0.2) is 66.7 Å². The molecule has 0 aromatic heterocycles. The molecule has 4 rings (SSSR count). The fourth-order valence-corrected chi connectivity index (χ4v) is 4.17. The maximum absolute atomic E-state index is 12.9. The molecule has 1 fully saturated rings. The fraction of sp³-hybridized carbons (Fsp3) is 0.310. The Morgan fingerprint density at radius 3 is 2.30 bits per heavy atom. The van der Waals surface area contributed by atoms with Crippen LogP contribution in [0.3, 0.4) is 0 Å². The molecule has 0 radical (unpaired) electrons. The molecule has 1 heterocycles. The molecule has 0 unspecified atom stereocenters. The van der Waals surface area contributed by atoms with E-state index in [-0.39, 0.29) is 18.2 Å². The van der Waals surface area contributed by atoms with Gasteiger partial charge in [-0.3, -0.25) is 14.5 Å². The molecule has 37 heavy (non-hydrogen) atoms. The Morgan fingerprint density at radius 2 is 1.62 bits per heavy atom. The van der Waals surface area contributed by atoms with Crippen LogP contribution in [0.1, 0.15) is 32.6 Å². The van der Waals surface area contributed by atoms with Gasteiger partial charge in [-0.2, -0.15) is 0 Å². The van der Waals surface area contributed by atoms with Gasteiger partial charge in [-0.25, -0.2) is 0 Å². The van der Waals surface area contributed by atoms with Gasteiger partial charge in [0.05, 0.1) is 26.7 Å². The van der Waals surface area contributed by atoms with Crippen molar-refractivity contribution in [3.8, 4) is 5.75 Å². The van der Waals surface area contributed by atoms with Gasteiger partial charge >= 0.3 is 0 Å². The summed E-state index contributed by atoms with van der Waals surface area (Å²) in [6.45, 7) is 4.57. The van der Waals surface area contributed by atoms with Gasteiger partial charge in [-0.15, -0.1) is 0 Å². The number of hydrogen-bond acceptors (Lipinski definition) is 6. The maximum Gasteiger partial charge on any atom is 0.251 e. The average Bonchev–Trinajstić information content (AvgIpc) is 2.94. The van der Waals surface area contributed by atoms with Crippen LogP contribution in [0.25, 0.3) is 0 Å². The molecule has 0 bridgehead atoms. The van der Waals surface area contributed by atoms with Gasteiger partial charge in [0.25, 0.3) is 5.91 Å². The van der Waals surface area contributed by atoms with Gasteiger partial charge in [0.2, 0.25) is 5.91 Å². The van der Waals surface area contributed by atoms with Gasteiger partial charge < -0.3 is 25.8 Å². The first-order chi connectivity index (χ1) is 18.0. The van der Waals surface area contributed by atoms with Crippen LogP contribution in [0, 0.1) is 0 Å². The predicted octanol–water partition coefficient (Wildman–Crippen LogP) is 3.10. The van der Waals surface area contributed by atoms with Crippen LogP contribution in [-0.4, -0.2) is 50.1 Å². The van der Waals surface area contributed by atoms with E-state index in [1.165, 1.54) is 0 Å². The van der Waals surface area contributed by atoms with Gasteiger partial charge in [0.15, 0.2) is 0 Å². The number of nitrogens with one attached hydrogen (secondary N) is 2. The Labute approximate surface area is 217 Å². The number of hydrogen-bond donors (Lipinski definition) is 3. The number of methoxy groups -OCH3 is 1. The van der Waals surface area contributed by atoms with Crippen LogP contribution >= 0.6 is 0 Å². The van der Waals surface area contributed by atoms with E-state index in [4.69, 9.17) is 15.2 Å². The minimum Gasteiger partial charge on any atom is -0.497 e. The highest BCUT2D eigenvalue weighted by molar-refractivity contribution is 5.98. The van der Waals surface area contributed by atoms with Crippen molar-refractivity contribution in [2.24, 2.45) is 5.73 Å². The second-order valence-electron chi connectivity index (χ2n) is 9.04. The highest BCUT2D eigenvalue weighted by Crippen LogP contribution is 2.22. The Morgan fingerprint density at radius 1 is 0.946 bits per heavy atom. The molecule has 0 aliphatic carbocycles. The minimum atomic E-state index is -0.202. The first kappa shape index (κ1) is 26.3. The van der Waals surface area contributed by atoms with Crippen molar-refractivity contribution in [1.29, 1.82) is 0 Å². The van der Waals surface area contributed by atoms with Crippen molar-refractivity contribution < 1.29 is 19.1 Å². The number of anilines is 1. The number of morpholine rings is 1. The number of amides is 2. The Bertz CT molecular complexity index is 1190. The van der Waals surface area contributed by atoms with Crippen molar-refractivity contribution in [3.05, 3.63) is 94.5 Å². The largest absolute Gasteiger partial charge is 0.497 e. The SMILES string of the molecule is COc1ccc(CC(=O)Nc2cc(C(=O)NCc3ccc(CN)cc3)ccc2CN2CCOCC2)cc1. The molecule has 1 saturated heterocycles. The Hall–Kier alpha value is -3.72. The van der Waals surface area contributed by atoms with Gasteiger partial charge in [-0.1, -0.05) is 42.5 Å². The van der Waals surface area contributed by atoms with E-state index in [9.17, 15) is 9.59 Å². The summed E-state index contributed by atoms with van der Waals surface area (Å²) in [6, 6.07) is 20.7. The molecular weight excluding hydrogens is 468 g/mol. The number of nitrogens with two attached hydrogens (primary N) is 1. The van der Waals surface area contributed by atoms with Crippen molar-refractivity contribution in [2.75, 3.05) is 38.7 Å². The van der Waals surface area contributed by atoms with Gasteiger partial charge in [-0.05, 0) is 46.5 Å². The van der Waals surface area contributed by atoms with Crippen molar-refractivity contribution >= 4 is 17.5 Å². The second-order valence-corrected chi connectivity index (χ2v) is 9.04. The van der Waals surface area contributed by atoms with Crippen molar-refractivity contribution in [3.63, 3.8) is 0 Å². The summed E-state index contributed by atoms with van der Waals surface area (Å²) in [4.78, 5) is 28.2. The van der Waals surface area contributed by atoms with Crippen molar-refractivity contribution in [1.82, 2.24) is 10.2 Å². The molecule has 1 aliphatic heterocycles. The third kappa shape index (κ3) is 7.63. The Kier molecular flexibility index (Phi) is 9.26. The molecule has 8 nitrogen and oxygen atoms in total. The highest BCUT2D eigenvalue weighted by atomic mass is 16.5. The summed E-state index contributed by atoms with van der Waals surface area (Å²) >= 11 is 0. The standard InChI is InChI=1S/C29H34N4O4/c1-36-26-10-6-21(7-11-26)16-28(34)32-27-17-24(8-9-25(27)20-33-12-14-37-15-13-33)29(35)31-19-23-4-2-22(18-30)3-5-23/h2-11,17H,12-16,18-20,30H2,1H3,(H,31,35)(H,32,34). The quantitative estimate of drug-likeness (QED) is 0.394. The fourth-order valence-electron chi connectivity index (χ4n) is 4.17. The molecule has 194 valence electrons.